The van der Waals surface area contributed by atoms with Gasteiger partial charge < -0.3 is 14.6 Å². The molecular weight excluding hydrogens is 618 g/mol. The molecule has 0 aliphatic heterocycles. The van der Waals surface area contributed by atoms with Crippen molar-refractivity contribution in [1.29, 1.82) is 0 Å². The van der Waals surface area contributed by atoms with Gasteiger partial charge >= 0.3 is 11.7 Å². The smallest absolute Gasteiger partial charge is 0.439 e. The molecule has 0 fully saturated rings. The molecule has 0 amide bonds. The van der Waals surface area contributed by atoms with E-state index >= 15 is 0 Å². The number of aromatic nitrogens is 2. The standard InChI is InChI=1S/C40H37N3O6/c1-47-36-20-18-32(19-21-36)31-12-10-30(11-13-31)27-48-37-5-3-2-4-33(37)23-25-43(26-29-8-16-35(17-9-29)39(44)45)24-22-28-6-14-34(15-7-28)38-41-40(46)49-42-38/h2-21H,22-27H2,1H3,(H,44,45)(H,41,42,46). The van der Waals surface area contributed by atoms with E-state index in [1.54, 1.807) is 19.2 Å². The van der Waals surface area contributed by atoms with Crippen molar-refractivity contribution in [2.75, 3.05) is 20.2 Å². The summed E-state index contributed by atoms with van der Waals surface area (Å²) in [5, 5.41) is 13.1. The van der Waals surface area contributed by atoms with Crippen molar-refractivity contribution in [3.63, 3.8) is 0 Å². The Morgan fingerprint density at radius 3 is 2.02 bits per heavy atom. The molecular formula is C40H37N3O6. The number of hydrogen-bond acceptors (Lipinski definition) is 7. The second-order valence-electron chi connectivity index (χ2n) is 11.7. The van der Waals surface area contributed by atoms with Crippen LogP contribution in [0.2, 0.25) is 0 Å². The monoisotopic (exact) mass is 655 g/mol. The van der Waals surface area contributed by atoms with Crippen LogP contribution in [0, 0.1) is 0 Å². The summed E-state index contributed by atoms with van der Waals surface area (Å²) in [5.41, 5.74) is 7.68. The van der Waals surface area contributed by atoms with Gasteiger partial charge in [0.05, 0.1) is 12.7 Å². The number of hydrogen-bond donors (Lipinski definition) is 2. The lowest BCUT2D eigenvalue weighted by atomic mass is 10.0. The van der Waals surface area contributed by atoms with E-state index in [4.69, 9.17) is 9.47 Å². The van der Waals surface area contributed by atoms with Gasteiger partial charge in [-0.3, -0.25) is 14.4 Å². The first kappa shape index (κ1) is 33.0. The van der Waals surface area contributed by atoms with Gasteiger partial charge in [0, 0.05) is 25.2 Å². The van der Waals surface area contributed by atoms with Gasteiger partial charge in [-0.2, -0.15) is 0 Å². The van der Waals surface area contributed by atoms with E-state index in [0.29, 0.717) is 19.0 Å². The predicted molar refractivity (Wildman–Crippen MR) is 188 cm³/mol. The average Bonchev–Trinajstić information content (AvgIpc) is 3.59. The minimum atomic E-state index is -0.939. The Kier molecular flexibility index (Phi) is 10.6. The van der Waals surface area contributed by atoms with E-state index in [2.05, 4.69) is 62.0 Å². The number of rotatable bonds is 15. The predicted octanol–water partition coefficient (Wildman–Crippen LogP) is 7.27. The maximum atomic E-state index is 11.4. The average molecular weight is 656 g/mol. The molecule has 0 unspecified atom stereocenters. The second-order valence-corrected chi connectivity index (χ2v) is 11.7. The lowest BCUT2D eigenvalue weighted by Crippen LogP contribution is -2.28. The SMILES string of the molecule is COc1ccc(-c2ccc(COc3ccccc3CCN(CCc3ccc(-c4noc(=O)[nH]4)cc3)Cc3ccc(C(=O)O)cc3)cc2)cc1. The molecule has 0 aliphatic carbocycles. The third kappa shape index (κ3) is 8.91. The summed E-state index contributed by atoms with van der Waals surface area (Å²) in [5.74, 6) is 0.562. The summed E-state index contributed by atoms with van der Waals surface area (Å²) in [7, 11) is 1.67. The highest BCUT2D eigenvalue weighted by atomic mass is 16.5. The molecule has 0 saturated carbocycles. The van der Waals surface area contributed by atoms with Crippen LogP contribution in [0.4, 0.5) is 0 Å². The summed E-state index contributed by atoms with van der Waals surface area (Å²) in [6, 6.07) is 39.5. The topological polar surface area (TPSA) is 118 Å². The molecule has 0 spiro atoms. The lowest BCUT2D eigenvalue weighted by molar-refractivity contribution is 0.0697. The fourth-order valence-electron chi connectivity index (χ4n) is 5.62. The number of aromatic amines is 1. The van der Waals surface area contributed by atoms with E-state index in [9.17, 15) is 14.7 Å². The van der Waals surface area contributed by atoms with Crippen LogP contribution >= 0.6 is 0 Å². The largest absolute Gasteiger partial charge is 0.497 e. The first-order chi connectivity index (χ1) is 23.9. The molecule has 1 aromatic heterocycles. The minimum absolute atomic E-state index is 0.269. The summed E-state index contributed by atoms with van der Waals surface area (Å²) >= 11 is 0. The van der Waals surface area contributed by atoms with Crippen molar-refractivity contribution in [3.8, 4) is 34.0 Å². The molecule has 9 heteroatoms. The molecule has 0 bridgehead atoms. The lowest BCUT2D eigenvalue weighted by Gasteiger charge is -2.23. The van der Waals surface area contributed by atoms with Gasteiger partial charge in [-0.25, -0.2) is 9.59 Å². The molecule has 6 aromatic rings. The third-order valence-electron chi connectivity index (χ3n) is 8.43. The van der Waals surface area contributed by atoms with Crippen molar-refractivity contribution >= 4 is 5.97 Å². The molecule has 0 atom stereocenters. The fourth-order valence-corrected chi connectivity index (χ4v) is 5.62. The van der Waals surface area contributed by atoms with Crippen LogP contribution in [0.5, 0.6) is 11.5 Å². The van der Waals surface area contributed by atoms with Crippen LogP contribution in [0.1, 0.15) is 32.6 Å². The third-order valence-corrected chi connectivity index (χ3v) is 8.43. The van der Waals surface area contributed by atoms with E-state index in [-0.39, 0.29) is 5.56 Å². The Bertz CT molecular complexity index is 2020. The van der Waals surface area contributed by atoms with Crippen molar-refractivity contribution in [1.82, 2.24) is 15.0 Å². The number of nitrogens with zero attached hydrogens (tertiary/aromatic N) is 2. The zero-order valence-corrected chi connectivity index (χ0v) is 27.2. The number of aromatic carboxylic acids is 1. The number of methoxy groups -OCH3 is 1. The maximum absolute atomic E-state index is 11.4. The molecule has 0 aliphatic rings. The highest BCUT2D eigenvalue weighted by Crippen LogP contribution is 2.25. The number of H-pyrrole nitrogens is 1. The Morgan fingerprint density at radius 1 is 0.755 bits per heavy atom. The van der Waals surface area contributed by atoms with Crippen LogP contribution in [-0.2, 0) is 26.0 Å². The molecule has 1 heterocycles. The van der Waals surface area contributed by atoms with E-state index in [1.807, 2.05) is 66.7 Å². The Labute approximate surface area is 284 Å². The van der Waals surface area contributed by atoms with Crippen molar-refractivity contribution in [2.45, 2.75) is 26.0 Å². The molecule has 5 aromatic carbocycles. The minimum Gasteiger partial charge on any atom is -0.497 e. The Balaban J connectivity index is 1.10. The second kappa shape index (κ2) is 15.8. The highest BCUT2D eigenvalue weighted by Gasteiger charge is 2.12. The van der Waals surface area contributed by atoms with Gasteiger partial charge in [0.25, 0.3) is 0 Å². The first-order valence-corrected chi connectivity index (χ1v) is 16.1. The number of ether oxygens (including phenoxy) is 2. The summed E-state index contributed by atoms with van der Waals surface area (Å²) in [4.78, 5) is 27.7. The van der Waals surface area contributed by atoms with Crippen molar-refractivity contribution in [2.24, 2.45) is 0 Å². The summed E-state index contributed by atoms with van der Waals surface area (Å²) in [6.45, 7) is 2.68. The van der Waals surface area contributed by atoms with E-state index in [1.165, 1.54) is 0 Å². The van der Waals surface area contributed by atoms with Crippen LogP contribution in [0.25, 0.3) is 22.5 Å². The Morgan fingerprint density at radius 2 is 1.37 bits per heavy atom. The van der Waals surface area contributed by atoms with Gasteiger partial charge in [0.2, 0.25) is 0 Å². The normalized spacial score (nSPS) is 11.1. The number of benzene rings is 5. The zero-order chi connectivity index (χ0) is 34.0. The summed E-state index contributed by atoms with van der Waals surface area (Å²) < 4.78 is 16.2. The zero-order valence-electron chi connectivity index (χ0n) is 27.2. The van der Waals surface area contributed by atoms with Crippen LogP contribution in [0.3, 0.4) is 0 Å². The number of carboxylic acid groups (broad SMARTS) is 1. The van der Waals surface area contributed by atoms with Gasteiger partial charge in [0.15, 0.2) is 5.82 Å². The quantitative estimate of drug-likeness (QED) is 0.119. The van der Waals surface area contributed by atoms with Gasteiger partial charge in [-0.15, -0.1) is 0 Å². The maximum Gasteiger partial charge on any atom is 0.439 e. The Hall–Kier alpha value is -5.93. The molecule has 9 nitrogen and oxygen atoms in total. The number of carbonyl (C=O) groups is 1. The van der Waals surface area contributed by atoms with Crippen LogP contribution < -0.4 is 15.2 Å². The molecule has 6 rings (SSSR count). The number of carboxylic acids is 1. The molecule has 0 saturated heterocycles. The highest BCUT2D eigenvalue weighted by molar-refractivity contribution is 5.87. The van der Waals surface area contributed by atoms with Crippen LogP contribution in [0.15, 0.2) is 131 Å². The first-order valence-electron chi connectivity index (χ1n) is 16.1. The molecule has 2 N–H and O–H groups in total. The van der Waals surface area contributed by atoms with E-state index < -0.39 is 11.7 Å². The fraction of sp³-hybridized carbons (Fsp3) is 0.175. The molecule has 49 heavy (non-hydrogen) atoms. The van der Waals surface area contributed by atoms with Crippen LogP contribution in [-0.4, -0.2) is 46.3 Å². The molecule has 0 radical (unpaired) electrons. The number of para-hydroxylation sites is 1. The number of nitrogens with one attached hydrogen (secondary N) is 1. The van der Waals surface area contributed by atoms with Crippen molar-refractivity contribution < 1.29 is 23.9 Å². The van der Waals surface area contributed by atoms with Gasteiger partial charge in [-0.05, 0) is 76.6 Å². The van der Waals surface area contributed by atoms with Gasteiger partial charge in [-0.1, -0.05) is 96.2 Å². The molecule has 248 valence electrons. The van der Waals surface area contributed by atoms with E-state index in [0.717, 1.165) is 76.4 Å². The van der Waals surface area contributed by atoms with Crippen molar-refractivity contribution in [3.05, 3.63) is 160 Å². The summed E-state index contributed by atoms with van der Waals surface area (Å²) in [6.07, 6.45) is 1.58. The van der Waals surface area contributed by atoms with Gasteiger partial charge in [0.1, 0.15) is 18.1 Å².